The van der Waals surface area contributed by atoms with Crippen molar-refractivity contribution in [3.63, 3.8) is 0 Å². The number of aromatic carboxylic acids is 1. The Morgan fingerprint density at radius 3 is 2.37 bits per heavy atom. The van der Waals surface area contributed by atoms with Crippen molar-refractivity contribution in [3.05, 3.63) is 89.5 Å². The minimum Gasteiger partial charge on any atom is -0.478 e. The van der Waals surface area contributed by atoms with Crippen LogP contribution >= 0.6 is 0 Å². The van der Waals surface area contributed by atoms with Crippen LogP contribution in [0.15, 0.2) is 72.8 Å². The van der Waals surface area contributed by atoms with E-state index in [9.17, 15) is 14.7 Å². The number of carboxylic acid groups (broad SMARTS) is 1. The summed E-state index contributed by atoms with van der Waals surface area (Å²) < 4.78 is 0. The highest BCUT2D eigenvalue weighted by Gasteiger charge is 2.12. The van der Waals surface area contributed by atoms with Crippen LogP contribution in [0.3, 0.4) is 0 Å². The van der Waals surface area contributed by atoms with Crippen molar-refractivity contribution >= 4 is 17.6 Å². The fourth-order valence-electron chi connectivity index (χ4n) is 4.09. The monoisotopic (exact) mass is 472 g/mol. The molecule has 184 valence electrons. The number of unbranched alkanes of at least 4 members (excludes halogenated alkanes) is 3. The summed E-state index contributed by atoms with van der Waals surface area (Å²) in [5.74, 6) is -0.764. The van der Waals surface area contributed by atoms with Gasteiger partial charge in [0.15, 0.2) is 0 Å². The van der Waals surface area contributed by atoms with Gasteiger partial charge in [0.05, 0.1) is 5.56 Å². The van der Waals surface area contributed by atoms with Gasteiger partial charge in [-0.3, -0.25) is 4.79 Å². The first-order valence-corrected chi connectivity index (χ1v) is 12.5. The molecule has 1 atom stereocenters. The molecule has 0 bridgehead atoms. The predicted octanol–water partition coefficient (Wildman–Crippen LogP) is 6.89. The number of carbonyl (C=O) groups is 2. The summed E-state index contributed by atoms with van der Waals surface area (Å²) in [6.07, 6.45) is 5.68. The van der Waals surface area contributed by atoms with Crippen molar-refractivity contribution in [2.24, 2.45) is 5.92 Å². The molecule has 3 aromatic rings. The van der Waals surface area contributed by atoms with E-state index in [1.54, 1.807) is 12.1 Å². The van der Waals surface area contributed by atoms with Gasteiger partial charge in [-0.25, -0.2) is 4.79 Å². The molecule has 0 radical (unpaired) electrons. The summed E-state index contributed by atoms with van der Waals surface area (Å²) in [5, 5.41) is 15.7. The third-order valence-corrected chi connectivity index (χ3v) is 6.28. The van der Waals surface area contributed by atoms with Crippen molar-refractivity contribution in [1.29, 1.82) is 0 Å². The molecule has 0 aliphatic carbocycles. The molecule has 0 aliphatic rings. The summed E-state index contributed by atoms with van der Waals surface area (Å²) in [6, 6.07) is 23.3. The van der Waals surface area contributed by atoms with Gasteiger partial charge >= 0.3 is 5.97 Å². The van der Waals surface area contributed by atoms with Crippen LogP contribution in [0.1, 0.15) is 67.4 Å². The average Bonchev–Trinajstić information content (AvgIpc) is 2.89. The molecule has 0 saturated heterocycles. The number of benzene rings is 3. The van der Waals surface area contributed by atoms with Crippen LogP contribution in [0.5, 0.6) is 0 Å². The summed E-state index contributed by atoms with van der Waals surface area (Å²) in [7, 11) is 0. The van der Waals surface area contributed by atoms with E-state index in [2.05, 4.69) is 29.7 Å². The number of anilines is 1. The fraction of sp³-hybridized carbons (Fsp3) is 0.333. The molecule has 0 saturated carbocycles. The Bertz CT molecular complexity index is 1110. The standard InChI is InChI=1S/C30H36N2O3/c1-3-4-5-6-10-22(2)29(33)32-20-23-11-9-13-25(19-23)24-15-17-27(18-16-24)31-21-26-12-7-8-14-28(26)30(34)35/h7-9,11-19,22,31H,3-6,10,20-21H2,1-2H3,(H,32,33)(H,34,35). The molecular weight excluding hydrogens is 436 g/mol. The second-order valence-electron chi connectivity index (χ2n) is 9.06. The lowest BCUT2D eigenvalue weighted by atomic mass is 10.0. The van der Waals surface area contributed by atoms with Gasteiger partial charge < -0.3 is 15.7 Å². The van der Waals surface area contributed by atoms with Crippen LogP contribution in [0.2, 0.25) is 0 Å². The third-order valence-electron chi connectivity index (χ3n) is 6.28. The summed E-state index contributed by atoms with van der Waals surface area (Å²) >= 11 is 0. The highest BCUT2D eigenvalue weighted by atomic mass is 16.4. The van der Waals surface area contributed by atoms with Crippen LogP contribution in [0.25, 0.3) is 11.1 Å². The van der Waals surface area contributed by atoms with E-state index in [4.69, 9.17) is 0 Å². The van der Waals surface area contributed by atoms with E-state index in [1.807, 2.05) is 55.5 Å². The lowest BCUT2D eigenvalue weighted by Gasteiger charge is -2.13. The van der Waals surface area contributed by atoms with Crippen molar-refractivity contribution in [2.45, 2.75) is 59.0 Å². The molecule has 3 aromatic carbocycles. The molecule has 3 N–H and O–H groups in total. The Balaban J connectivity index is 1.54. The van der Waals surface area contributed by atoms with Crippen molar-refractivity contribution < 1.29 is 14.7 Å². The number of amides is 1. The Labute approximate surface area is 208 Å². The molecule has 0 aliphatic heterocycles. The maximum atomic E-state index is 12.4. The molecule has 0 aromatic heterocycles. The first kappa shape index (κ1) is 26.0. The third kappa shape index (κ3) is 7.99. The number of carbonyl (C=O) groups excluding carboxylic acids is 1. The van der Waals surface area contributed by atoms with Gasteiger partial charge in [-0.1, -0.05) is 88.1 Å². The number of rotatable bonds is 13. The zero-order chi connectivity index (χ0) is 25.0. The number of carboxylic acids is 1. The molecule has 1 amide bonds. The molecule has 0 heterocycles. The van der Waals surface area contributed by atoms with E-state index in [-0.39, 0.29) is 11.8 Å². The fourth-order valence-corrected chi connectivity index (χ4v) is 4.09. The summed E-state index contributed by atoms with van der Waals surface area (Å²) in [5.41, 5.74) is 5.22. The number of nitrogens with one attached hydrogen (secondary N) is 2. The largest absolute Gasteiger partial charge is 0.478 e. The van der Waals surface area contributed by atoms with Crippen LogP contribution in [-0.4, -0.2) is 17.0 Å². The first-order valence-electron chi connectivity index (χ1n) is 12.5. The van der Waals surface area contributed by atoms with Gasteiger partial charge in [0, 0.05) is 24.7 Å². The maximum Gasteiger partial charge on any atom is 0.336 e. The molecule has 0 spiro atoms. The van der Waals surface area contributed by atoms with Crippen molar-refractivity contribution in [1.82, 2.24) is 5.32 Å². The highest BCUT2D eigenvalue weighted by Crippen LogP contribution is 2.23. The molecule has 5 heteroatoms. The molecule has 1 unspecified atom stereocenters. The second kappa shape index (κ2) is 13.3. The Hall–Kier alpha value is -3.60. The first-order chi connectivity index (χ1) is 17.0. The highest BCUT2D eigenvalue weighted by molar-refractivity contribution is 5.89. The number of hydrogen-bond acceptors (Lipinski definition) is 3. The Kier molecular flexibility index (Phi) is 9.91. The average molecular weight is 473 g/mol. The van der Waals surface area contributed by atoms with Gasteiger partial charge in [-0.2, -0.15) is 0 Å². The van der Waals surface area contributed by atoms with Gasteiger partial charge in [0.2, 0.25) is 5.91 Å². The Morgan fingerprint density at radius 1 is 0.857 bits per heavy atom. The minimum atomic E-state index is -0.921. The van der Waals surface area contributed by atoms with E-state index in [1.165, 1.54) is 19.3 Å². The second-order valence-corrected chi connectivity index (χ2v) is 9.06. The van der Waals surface area contributed by atoms with E-state index < -0.39 is 5.97 Å². The lowest BCUT2D eigenvalue weighted by Crippen LogP contribution is -2.28. The summed E-state index contributed by atoms with van der Waals surface area (Å²) in [6.45, 7) is 5.16. The normalized spacial score (nSPS) is 11.6. The van der Waals surface area contributed by atoms with E-state index in [0.29, 0.717) is 18.7 Å². The summed E-state index contributed by atoms with van der Waals surface area (Å²) in [4.78, 5) is 23.8. The quantitative estimate of drug-likeness (QED) is 0.237. The Morgan fingerprint density at radius 2 is 1.63 bits per heavy atom. The zero-order valence-electron chi connectivity index (χ0n) is 20.7. The van der Waals surface area contributed by atoms with E-state index >= 15 is 0 Å². The van der Waals surface area contributed by atoms with Crippen molar-refractivity contribution in [3.8, 4) is 11.1 Å². The molecular formula is C30H36N2O3. The van der Waals surface area contributed by atoms with Crippen LogP contribution in [0.4, 0.5) is 5.69 Å². The topological polar surface area (TPSA) is 78.4 Å². The smallest absolute Gasteiger partial charge is 0.336 e. The van der Waals surface area contributed by atoms with Crippen LogP contribution in [0, 0.1) is 5.92 Å². The minimum absolute atomic E-state index is 0.0394. The maximum absolute atomic E-state index is 12.4. The molecule has 3 rings (SSSR count). The van der Waals surface area contributed by atoms with Gasteiger partial charge in [0.1, 0.15) is 0 Å². The molecule has 35 heavy (non-hydrogen) atoms. The van der Waals surface area contributed by atoms with Gasteiger partial charge in [-0.05, 0) is 52.9 Å². The van der Waals surface area contributed by atoms with Crippen LogP contribution in [-0.2, 0) is 17.9 Å². The molecule has 5 nitrogen and oxygen atoms in total. The van der Waals surface area contributed by atoms with Crippen LogP contribution < -0.4 is 10.6 Å². The number of hydrogen-bond donors (Lipinski definition) is 3. The predicted molar refractivity (Wildman–Crippen MR) is 142 cm³/mol. The molecule has 0 fully saturated rings. The van der Waals surface area contributed by atoms with Gasteiger partial charge in [0.25, 0.3) is 0 Å². The van der Waals surface area contributed by atoms with Crippen molar-refractivity contribution in [2.75, 3.05) is 5.32 Å². The zero-order valence-corrected chi connectivity index (χ0v) is 20.7. The van der Waals surface area contributed by atoms with E-state index in [0.717, 1.165) is 40.8 Å². The lowest BCUT2D eigenvalue weighted by molar-refractivity contribution is -0.124. The SMILES string of the molecule is CCCCCCC(C)C(=O)NCc1cccc(-c2ccc(NCc3ccccc3C(=O)O)cc2)c1. The van der Waals surface area contributed by atoms with Gasteiger partial charge in [-0.15, -0.1) is 0 Å².